The van der Waals surface area contributed by atoms with Crippen molar-refractivity contribution >= 4 is 11.8 Å². The molecule has 6 nitrogen and oxygen atoms in total. The highest BCUT2D eigenvalue weighted by atomic mass is 16.5. The number of pyridine rings is 1. The van der Waals surface area contributed by atoms with Gasteiger partial charge in [-0.1, -0.05) is 31.4 Å². The van der Waals surface area contributed by atoms with Crippen LogP contribution in [-0.2, 0) is 6.54 Å². The first-order valence-corrected chi connectivity index (χ1v) is 10.2. The summed E-state index contributed by atoms with van der Waals surface area (Å²) in [5, 5.41) is 6.99. The van der Waals surface area contributed by atoms with Crippen LogP contribution in [0.2, 0.25) is 0 Å². The van der Waals surface area contributed by atoms with E-state index >= 15 is 0 Å². The molecule has 0 spiro atoms. The van der Waals surface area contributed by atoms with E-state index in [4.69, 9.17) is 14.7 Å². The van der Waals surface area contributed by atoms with E-state index in [1.165, 1.54) is 32.1 Å². The number of rotatable bonds is 7. The molecule has 0 saturated heterocycles. The number of hydrogen-bond acceptors (Lipinski definition) is 6. The Morgan fingerprint density at radius 1 is 1.00 bits per heavy atom. The maximum absolute atomic E-state index is 5.32. The number of nitrogens with zero attached hydrogens (tertiary/aromatic N) is 3. The Labute approximate surface area is 171 Å². The minimum Gasteiger partial charge on any atom is -0.497 e. The summed E-state index contributed by atoms with van der Waals surface area (Å²) >= 11 is 0. The largest absolute Gasteiger partial charge is 0.497 e. The van der Waals surface area contributed by atoms with E-state index in [2.05, 4.69) is 21.7 Å². The molecular weight excluding hydrogens is 362 g/mol. The summed E-state index contributed by atoms with van der Waals surface area (Å²) in [4.78, 5) is 13.6. The third kappa shape index (κ3) is 5.22. The molecule has 2 heterocycles. The van der Waals surface area contributed by atoms with Crippen molar-refractivity contribution in [3.05, 3.63) is 60.4 Å². The molecule has 6 heteroatoms. The highest BCUT2D eigenvalue weighted by Gasteiger charge is 2.15. The molecule has 0 unspecified atom stereocenters. The Morgan fingerprint density at radius 2 is 1.83 bits per heavy atom. The predicted molar refractivity (Wildman–Crippen MR) is 116 cm³/mol. The number of nitrogens with one attached hydrogen (secondary N) is 2. The standard InChI is InChI=1S/C23H27N5O/c1-29-20-9-5-6-17(14-20)16-25-22-15-21(18-10-12-24-13-11-18)27-23(28-22)26-19-7-3-2-4-8-19/h5-6,9-15,19H,2-4,7-8,16H2,1H3,(H2,25,26,27,28). The van der Waals surface area contributed by atoms with Crippen LogP contribution in [0.25, 0.3) is 11.3 Å². The zero-order valence-corrected chi connectivity index (χ0v) is 16.8. The highest BCUT2D eigenvalue weighted by molar-refractivity contribution is 5.64. The molecule has 0 radical (unpaired) electrons. The van der Waals surface area contributed by atoms with Crippen LogP contribution in [0.1, 0.15) is 37.7 Å². The van der Waals surface area contributed by atoms with Gasteiger partial charge in [0.15, 0.2) is 0 Å². The van der Waals surface area contributed by atoms with Gasteiger partial charge in [-0.15, -0.1) is 0 Å². The van der Waals surface area contributed by atoms with Crippen LogP contribution < -0.4 is 15.4 Å². The normalized spacial score (nSPS) is 14.4. The number of anilines is 2. The van der Waals surface area contributed by atoms with E-state index in [1.54, 1.807) is 19.5 Å². The van der Waals surface area contributed by atoms with Gasteiger partial charge >= 0.3 is 0 Å². The van der Waals surface area contributed by atoms with Crippen LogP contribution in [0.4, 0.5) is 11.8 Å². The smallest absolute Gasteiger partial charge is 0.225 e. The van der Waals surface area contributed by atoms with E-state index in [0.29, 0.717) is 18.5 Å². The van der Waals surface area contributed by atoms with Gasteiger partial charge in [-0.2, -0.15) is 4.98 Å². The molecule has 2 N–H and O–H groups in total. The van der Waals surface area contributed by atoms with Crippen molar-refractivity contribution in [3.63, 3.8) is 0 Å². The third-order valence-electron chi connectivity index (χ3n) is 5.25. The Kier molecular flexibility index (Phi) is 6.19. The van der Waals surface area contributed by atoms with Gasteiger partial charge in [0.2, 0.25) is 5.95 Å². The molecule has 1 aliphatic carbocycles. The monoisotopic (exact) mass is 389 g/mol. The average Bonchev–Trinajstić information content (AvgIpc) is 2.79. The van der Waals surface area contributed by atoms with Crippen molar-refractivity contribution in [2.45, 2.75) is 44.7 Å². The second-order valence-corrected chi connectivity index (χ2v) is 7.38. The number of hydrogen-bond donors (Lipinski definition) is 2. The van der Waals surface area contributed by atoms with Crippen molar-refractivity contribution in [2.75, 3.05) is 17.7 Å². The Bertz CT molecular complexity index is 926. The quantitative estimate of drug-likeness (QED) is 0.599. The van der Waals surface area contributed by atoms with Crippen molar-refractivity contribution in [1.82, 2.24) is 15.0 Å². The second-order valence-electron chi connectivity index (χ2n) is 7.38. The zero-order chi connectivity index (χ0) is 19.9. The predicted octanol–water partition coefficient (Wildman–Crippen LogP) is 4.90. The number of aromatic nitrogens is 3. The number of benzene rings is 1. The van der Waals surface area contributed by atoms with Gasteiger partial charge in [0.25, 0.3) is 0 Å². The minimum absolute atomic E-state index is 0.447. The van der Waals surface area contributed by atoms with Crippen molar-refractivity contribution < 1.29 is 4.74 Å². The lowest BCUT2D eigenvalue weighted by atomic mass is 9.96. The molecule has 0 aliphatic heterocycles. The maximum Gasteiger partial charge on any atom is 0.225 e. The van der Waals surface area contributed by atoms with E-state index in [0.717, 1.165) is 28.4 Å². The number of ether oxygens (including phenoxy) is 1. The highest BCUT2D eigenvalue weighted by Crippen LogP contribution is 2.25. The third-order valence-corrected chi connectivity index (χ3v) is 5.25. The van der Waals surface area contributed by atoms with E-state index in [-0.39, 0.29) is 0 Å². The van der Waals surface area contributed by atoms with Crippen LogP contribution >= 0.6 is 0 Å². The first kappa shape index (κ1) is 19.2. The van der Waals surface area contributed by atoms with Gasteiger partial charge in [-0.25, -0.2) is 4.98 Å². The fourth-order valence-electron chi connectivity index (χ4n) is 3.68. The summed E-state index contributed by atoms with van der Waals surface area (Å²) in [6.45, 7) is 0.660. The molecule has 3 aromatic rings. The van der Waals surface area contributed by atoms with Crippen molar-refractivity contribution in [3.8, 4) is 17.0 Å². The summed E-state index contributed by atoms with van der Waals surface area (Å²) in [6, 6.07) is 14.4. The summed E-state index contributed by atoms with van der Waals surface area (Å²) < 4.78 is 5.32. The molecule has 0 atom stereocenters. The molecular formula is C23H27N5O. The Balaban J connectivity index is 1.56. The first-order chi connectivity index (χ1) is 14.3. The molecule has 1 aromatic carbocycles. The van der Waals surface area contributed by atoms with Gasteiger partial charge in [0.1, 0.15) is 11.6 Å². The lowest BCUT2D eigenvalue weighted by molar-refractivity contribution is 0.414. The number of methoxy groups -OCH3 is 1. The van der Waals surface area contributed by atoms with Gasteiger partial charge in [0, 0.05) is 36.6 Å². The van der Waals surface area contributed by atoms with Crippen LogP contribution in [0, 0.1) is 0 Å². The molecule has 1 aliphatic rings. The van der Waals surface area contributed by atoms with Crippen LogP contribution in [0.5, 0.6) is 5.75 Å². The van der Waals surface area contributed by atoms with Crippen LogP contribution in [0.15, 0.2) is 54.9 Å². The molecule has 0 bridgehead atoms. The molecule has 4 rings (SSSR count). The SMILES string of the molecule is COc1cccc(CNc2cc(-c3ccncc3)nc(NC3CCCCC3)n2)c1. The zero-order valence-electron chi connectivity index (χ0n) is 16.8. The van der Waals surface area contributed by atoms with E-state index in [1.807, 2.05) is 36.4 Å². The van der Waals surface area contributed by atoms with Gasteiger partial charge < -0.3 is 15.4 Å². The fraction of sp³-hybridized carbons (Fsp3) is 0.348. The topological polar surface area (TPSA) is 72.0 Å². The average molecular weight is 390 g/mol. The minimum atomic E-state index is 0.447. The summed E-state index contributed by atoms with van der Waals surface area (Å²) in [5.74, 6) is 2.33. The second kappa shape index (κ2) is 9.37. The molecule has 1 saturated carbocycles. The fourth-order valence-corrected chi connectivity index (χ4v) is 3.68. The van der Waals surface area contributed by atoms with Gasteiger partial charge in [-0.05, 0) is 42.7 Å². The van der Waals surface area contributed by atoms with Crippen molar-refractivity contribution in [2.24, 2.45) is 0 Å². The lowest BCUT2D eigenvalue weighted by Gasteiger charge is -2.23. The molecule has 2 aromatic heterocycles. The Morgan fingerprint density at radius 3 is 2.62 bits per heavy atom. The molecule has 0 amide bonds. The Hall–Kier alpha value is -3.15. The first-order valence-electron chi connectivity index (χ1n) is 10.2. The van der Waals surface area contributed by atoms with Crippen LogP contribution in [0.3, 0.4) is 0 Å². The lowest BCUT2D eigenvalue weighted by Crippen LogP contribution is -2.23. The van der Waals surface area contributed by atoms with Gasteiger partial charge in [0.05, 0.1) is 12.8 Å². The molecule has 1 fully saturated rings. The van der Waals surface area contributed by atoms with Gasteiger partial charge in [-0.3, -0.25) is 4.98 Å². The maximum atomic E-state index is 5.32. The van der Waals surface area contributed by atoms with Crippen LogP contribution in [-0.4, -0.2) is 28.1 Å². The van der Waals surface area contributed by atoms with E-state index in [9.17, 15) is 0 Å². The summed E-state index contributed by atoms with van der Waals surface area (Å²) in [7, 11) is 1.68. The van der Waals surface area contributed by atoms with E-state index < -0.39 is 0 Å². The van der Waals surface area contributed by atoms with Crippen molar-refractivity contribution in [1.29, 1.82) is 0 Å². The molecule has 150 valence electrons. The summed E-state index contributed by atoms with van der Waals surface area (Å²) in [6.07, 6.45) is 9.78. The molecule has 29 heavy (non-hydrogen) atoms. The summed E-state index contributed by atoms with van der Waals surface area (Å²) in [5.41, 5.74) is 3.04.